The van der Waals surface area contributed by atoms with Crippen LogP contribution in [0.3, 0.4) is 0 Å². The Morgan fingerprint density at radius 1 is 1.16 bits per heavy atom. The van der Waals surface area contributed by atoms with Crippen LogP contribution in [-0.4, -0.2) is 56.7 Å². The maximum atomic E-state index is 13.3. The van der Waals surface area contributed by atoms with Crippen molar-refractivity contribution in [2.24, 2.45) is 0 Å². The minimum Gasteiger partial charge on any atom is -0.387 e. The Bertz CT molecular complexity index is 1210. The molecule has 0 aromatic carbocycles. The minimum absolute atomic E-state index is 0.0447. The predicted octanol–water partition coefficient (Wildman–Crippen LogP) is 1.76. The quantitative estimate of drug-likeness (QED) is 0.637. The number of hydrogen-bond donors (Lipinski definition) is 2. The Balaban J connectivity index is 1.75. The fraction of sp³-hybridized carbons (Fsp3) is 0.286. The summed E-state index contributed by atoms with van der Waals surface area (Å²) in [6.07, 6.45) is -5.05. The standard InChI is InChI=1S/C21H19F3N4O4/c1-11-8-12(21(22,23)24)9-15(25-11)28-16(17(29)18(30)20(28)32)19(31)26(2)13-5-7-27-6-3-4-14(27)10-13/h3-10,16-18,29-30H,1-2H3/t16-,17-,18-/m0/s1. The monoisotopic (exact) mass is 448 g/mol. The van der Waals surface area contributed by atoms with Crippen LogP contribution in [0.15, 0.2) is 48.8 Å². The van der Waals surface area contributed by atoms with Crippen molar-refractivity contribution in [3.63, 3.8) is 0 Å². The topological polar surface area (TPSA) is 98.4 Å². The third-order valence-corrected chi connectivity index (χ3v) is 5.41. The van der Waals surface area contributed by atoms with E-state index in [0.717, 1.165) is 11.6 Å². The van der Waals surface area contributed by atoms with Gasteiger partial charge in [-0.1, -0.05) is 0 Å². The number of likely N-dealkylation sites (N-methyl/N-ethyl adjacent to an activating group) is 1. The van der Waals surface area contributed by atoms with Crippen molar-refractivity contribution in [1.82, 2.24) is 9.38 Å². The molecule has 4 rings (SSSR count). The van der Waals surface area contributed by atoms with E-state index in [1.807, 2.05) is 0 Å². The number of aromatic nitrogens is 2. The molecule has 4 heterocycles. The van der Waals surface area contributed by atoms with Crippen LogP contribution in [0.5, 0.6) is 0 Å². The van der Waals surface area contributed by atoms with Gasteiger partial charge >= 0.3 is 6.18 Å². The lowest BCUT2D eigenvalue weighted by molar-refractivity contribution is -0.137. The molecule has 1 saturated heterocycles. The molecule has 0 radical (unpaired) electrons. The summed E-state index contributed by atoms with van der Waals surface area (Å²) in [5, 5.41) is 20.6. The molecular formula is C21H19F3N4O4. The summed E-state index contributed by atoms with van der Waals surface area (Å²) in [4.78, 5) is 31.7. The summed E-state index contributed by atoms with van der Waals surface area (Å²) in [5.74, 6) is -2.39. The number of fused-ring (bicyclic) bond motifs is 1. The molecule has 0 unspecified atom stereocenters. The molecule has 3 aromatic rings. The zero-order valence-electron chi connectivity index (χ0n) is 17.0. The highest BCUT2D eigenvalue weighted by Gasteiger charge is 2.52. The van der Waals surface area contributed by atoms with E-state index in [0.29, 0.717) is 16.7 Å². The molecule has 1 fully saturated rings. The first-order chi connectivity index (χ1) is 15.0. The number of aryl methyl sites for hydroxylation is 1. The molecule has 168 valence electrons. The lowest BCUT2D eigenvalue weighted by Crippen LogP contribution is -2.50. The zero-order valence-corrected chi connectivity index (χ0v) is 17.0. The van der Waals surface area contributed by atoms with Crippen LogP contribution in [0.1, 0.15) is 11.3 Å². The number of alkyl halides is 3. The van der Waals surface area contributed by atoms with Gasteiger partial charge in [-0.15, -0.1) is 0 Å². The Morgan fingerprint density at radius 3 is 2.56 bits per heavy atom. The molecule has 0 saturated carbocycles. The third-order valence-electron chi connectivity index (χ3n) is 5.41. The van der Waals surface area contributed by atoms with Gasteiger partial charge in [0.15, 0.2) is 6.10 Å². The fourth-order valence-corrected chi connectivity index (χ4v) is 3.76. The summed E-state index contributed by atoms with van der Waals surface area (Å²) in [6.45, 7) is 1.31. The van der Waals surface area contributed by atoms with E-state index in [2.05, 4.69) is 4.98 Å². The SMILES string of the molecule is Cc1cc(C(F)(F)F)cc(N2C(=O)[C@@H](O)[C@@H](O)[C@H]2C(=O)N(C)c2ccn3cccc3c2)n1. The van der Waals surface area contributed by atoms with E-state index in [4.69, 9.17) is 0 Å². The number of aliphatic hydroxyl groups is 2. The second-order valence-electron chi connectivity index (χ2n) is 7.56. The molecule has 11 heteroatoms. The predicted molar refractivity (Wildman–Crippen MR) is 108 cm³/mol. The van der Waals surface area contributed by atoms with Crippen molar-refractivity contribution in [2.75, 3.05) is 16.8 Å². The van der Waals surface area contributed by atoms with E-state index in [-0.39, 0.29) is 5.69 Å². The molecule has 2 N–H and O–H groups in total. The fourth-order valence-electron chi connectivity index (χ4n) is 3.76. The lowest BCUT2D eigenvalue weighted by Gasteiger charge is -2.29. The molecule has 32 heavy (non-hydrogen) atoms. The highest BCUT2D eigenvalue weighted by Crippen LogP contribution is 2.35. The maximum absolute atomic E-state index is 13.3. The lowest BCUT2D eigenvalue weighted by atomic mass is 10.1. The number of halogens is 3. The van der Waals surface area contributed by atoms with Crippen LogP contribution < -0.4 is 9.80 Å². The summed E-state index contributed by atoms with van der Waals surface area (Å²) in [5.41, 5.74) is 0.0892. The molecule has 0 bridgehead atoms. The van der Waals surface area contributed by atoms with Crippen molar-refractivity contribution >= 4 is 28.8 Å². The molecule has 1 aliphatic heterocycles. The van der Waals surface area contributed by atoms with Gasteiger partial charge < -0.3 is 19.5 Å². The van der Waals surface area contributed by atoms with Crippen LogP contribution in [0.25, 0.3) is 5.52 Å². The molecule has 3 atom stereocenters. The number of amides is 2. The van der Waals surface area contributed by atoms with Crippen molar-refractivity contribution in [1.29, 1.82) is 0 Å². The summed E-state index contributed by atoms with van der Waals surface area (Å²) >= 11 is 0. The molecule has 0 aliphatic carbocycles. The summed E-state index contributed by atoms with van der Waals surface area (Å²) in [7, 11) is 1.40. The van der Waals surface area contributed by atoms with Crippen LogP contribution in [-0.2, 0) is 15.8 Å². The number of anilines is 2. The first-order valence-electron chi connectivity index (χ1n) is 9.58. The number of hydrogen-bond acceptors (Lipinski definition) is 5. The van der Waals surface area contributed by atoms with Crippen LogP contribution in [0.2, 0.25) is 0 Å². The van der Waals surface area contributed by atoms with Gasteiger partial charge in [0, 0.05) is 36.3 Å². The van der Waals surface area contributed by atoms with E-state index >= 15 is 0 Å². The van der Waals surface area contributed by atoms with Crippen molar-refractivity contribution in [3.8, 4) is 0 Å². The van der Waals surface area contributed by atoms with Crippen molar-refractivity contribution in [2.45, 2.75) is 31.3 Å². The van der Waals surface area contributed by atoms with Crippen LogP contribution >= 0.6 is 0 Å². The van der Waals surface area contributed by atoms with E-state index in [9.17, 15) is 33.0 Å². The second kappa shape index (κ2) is 7.61. The smallest absolute Gasteiger partial charge is 0.387 e. The number of pyridine rings is 2. The average molecular weight is 448 g/mol. The summed E-state index contributed by atoms with van der Waals surface area (Å²) in [6, 6.07) is 6.67. The Morgan fingerprint density at radius 2 is 1.88 bits per heavy atom. The second-order valence-corrected chi connectivity index (χ2v) is 7.56. The maximum Gasteiger partial charge on any atom is 0.416 e. The summed E-state index contributed by atoms with van der Waals surface area (Å²) < 4.78 is 41.7. The van der Waals surface area contributed by atoms with Gasteiger partial charge in [-0.3, -0.25) is 14.5 Å². The van der Waals surface area contributed by atoms with E-state index in [1.165, 1.54) is 18.9 Å². The van der Waals surface area contributed by atoms with Gasteiger partial charge in [0.05, 0.1) is 5.56 Å². The van der Waals surface area contributed by atoms with Gasteiger partial charge in [-0.05, 0) is 43.3 Å². The molecule has 8 nitrogen and oxygen atoms in total. The number of carbonyl (C=O) groups is 2. The van der Waals surface area contributed by atoms with Crippen molar-refractivity contribution < 1.29 is 33.0 Å². The number of nitrogens with zero attached hydrogens (tertiary/aromatic N) is 4. The number of rotatable bonds is 3. The Kier molecular flexibility index (Phi) is 5.18. The van der Waals surface area contributed by atoms with Gasteiger partial charge in [0.2, 0.25) is 0 Å². The molecule has 1 aliphatic rings. The van der Waals surface area contributed by atoms with Gasteiger partial charge in [0.1, 0.15) is 18.0 Å². The van der Waals surface area contributed by atoms with Gasteiger partial charge in [-0.2, -0.15) is 13.2 Å². The molecule has 3 aromatic heterocycles. The Hall–Kier alpha value is -3.44. The number of aliphatic hydroxyl groups excluding tert-OH is 2. The third kappa shape index (κ3) is 3.59. The van der Waals surface area contributed by atoms with E-state index < -0.39 is 47.6 Å². The van der Waals surface area contributed by atoms with Crippen LogP contribution in [0, 0.1) is 6.92 Å². The first kappa shape index (κ1) is 21.8. The highest BCUT2D eigenvalue weighted by molar-refractivity contribution is 6.10. The highest BCUT2D eigenvalue weighted by atomic mass is 19.4. The molecular weight excluding hydrogens is 429 g/mol. The van der Waals surface area contributed by atoms with Gasteiger partial charge in [-0.25, -0.2) is 4.98 Å². The zero-order chi connectivity index (χ0) is 23.4. The normalized spacial score (nSPS) is 21.4. The average Bonchev–Trinajstić information content (AvgIpc) is 3.29. The van der Waals surface area contributed by atoms with Gasteiger partial charge in [0.25, 0.3) is 11.8 Å². The molecule has 2 amide bonds. The number of carbonyl (C=O) groups excluding carboxylic acids is 2. The molecule has 0 spiro atoms. The van der Waals surface area contributed by atoms with Crippen molar-refractivity contribution in [3.05, 3.63) is 60.0 Å². The first-order valence-corrected chi connectivity index (χ1v) is 9.58. The minimum atomic E-state index is -4.72. The van der Waals surface area contributed by atoms with E-state index in [1.54, 1.807) is 41.1 Å². The Labute approximate surface area is 180 Å². The van der Waals surface area contributed by atoms with Crippen LogP contribution in [0.4, 0.5) is 24.7 Å². The largest absolute Gasteiger partial charge is 0.416 e.